The maximum Gasteiger partial charge on any atom is 1.00 e. The third-order valence-electron chi connectivity index (χ3n) is 1.80. The number of phosphoric ester groups is 1. The molecule has 0 fully saturated rings. The van der Waals surface area contributed by atoms with Crippen molar-refractivity contribution >= 4 is 21.4 Å². The monoisotopic (exact) mass is 406 g/mol. The average Bonchev–Trinajstić information content (AvgIpc) is 2.30. The molecule has 0 amide bonds. The average molecular weight is 406 g/mol. The van der Waals surface area contributed by atoms with Gasteiger partial charge in [0.25, 0.3) is 7.82 Å². The van der Waals surface area contributed by atoms with E-state index in [1.807, 2.05) is 0 Å². The SMILES string of the molecule is O=C(COP(=O)([O-])OP(=O)([O-])[O-])[C@@H](O)[C@H](O)[C@H](O)CO.[Na+].[Na+].[Na+]. The molecule has 4 N–H and O–H groups in total. The van der Waals surface area contributed by atoms with E-state index < -0.39 is 53.0 Å². The van der Waals surface area contributed by atoms with Crippen LogP contribution >= 0.6 is 15.6 Å². The van der Waals surface area contributed by atoms with E-state index in [4.69, 9.17) is 20.4 Å². The molecule has 0 bridgehead atoms. The minimum absolute atomic E-state index is 0. The number of hydrogen-bond donors (Lipinski definition) is 4. The molecule has 0 aliphatic heterocycles. The predicted molar refractivity (Wildman–Crippen MR) is 52.4 cm³/mol. The molecule has 0 aliphatic rings. The number of aliphatic hydroxyl groups excluding tert-OH is 4. The Hall–Kier alpha value is 2.77. The molecule has 23 heavy (non-hydrogen) atoms. The molecular formula is C6H11Na3O12P2. The summed E-state index contributed by atoms with van der Waals surface area (Å²) in [5, 5.41) is 35.6. The van der Waals surface area contributed by atoms with Gasteiger partial charge in [0.05, 0.1) is 14.4 Å². The van der Waals surface area contributed by atoms with Gasteiger partial charge in [-0.2, -0.15) is 0 Å². The molecule has 0 aliphatic carbocycles. The van der Waals surface area contributed by atoms with Gasteiger partial charge in [0.15, 0.2) is 5.78 Å². The van der Waals surface area contributed by atoms with Crippen LogP contribution < -0.4 is 103 Å². The van der Waals surface area contributed by atoms with E-state index in [0.717, 1.165) is 0 Å². The molecular weight excluding hydrogens is 395 g/mol. The maximum atomic E-state index is 11.1. The fourth-order valence-corrected chi connectivity index (χ4v) is 2.34. The molecule has 17 heteroatoms. The Morgan fingerprint density at radius 2 is 1.48 bits per heavy atom. The maximum absolute atomic E-state index is 11.1. The van der Waals surface area contributed by atoms with Gasteiger partial charge in [-0.25, -0.2) is 0 Å². The van der Waals surface area contributed by atoms with Gasteiger partial charge in [-0.3, -0.25) is 13.7 Å². The first-order chi connectivity index (χ1) is 8.89. The van der Waals surface area contributed by atoms with Gasteiger partial charge in [-0.05, 0) is 0 Å². The molecule has 0 aromatic heterocycles. The van der Waals surface area contributed by atoms with E-state index in [1.165, 1.54) is 0 Å². The van der Waals surface area contributed by atoms with Gasteiger partial charge >= 0.3 is 88.7 Å². The number of ketones is 1. The minimum atomic E-state index is -5.91. The molecule has 0 aromatic rings. The molecule has 120 valence electrons. The van der Waals surface area contributed by atoms with Crippen molar-refractivity contribution in [2.75, 3.05) is 13.2 Å². The minimum Gasteiger partial charge on any atom is -0.790 e. The Morgan fingerprint density at radius 1 is 1.04 bits per heavy atom. The van der Waals surface area contributed by atoms with Crippen molar-refractivity contribution in [3.63, 3.8) is 0 Å². The Balaban J connectivity index is -0.000000602. The first kappa shape index (κ1) is 33.4. The van der Waals surface area contributed by atoms with Crippen LogP contribution in [0.25, 0.3) is 0 Å². The Morgan fingerprint density at radius 3 is 1.83 bits per heavy atom. The van der Waals surface area contributed by atoms with Crippen LogP contribution in [0.5, 0.6) is 0 Å². The summed E-state index contributed by atoms with van der Waals surface area (Å²) in [7, 11) is -11.5. The first-order valence-corrected chi connectivity index (χ1v) is 7.68. The third-order valence-corrected chi connectivity index (χ3v) is 3.84. The summed E-state index contributed by atoms with van der Waals surface area (Å²) in [5.41, 5.74) is 0. The number of carbonyl (C=O) groups excluding carboxylic acids is 1. The van der Waals surface area contributed by atoms with Crippen molar-refractivity contribution in [1.29, 1.82) is 0 Å². The molecule has 0 rings (SSSR count). The summed E-state index contributed by atoms with van der Waals surface area (Å²) in [6, 6.07) is 0. The normalized spacial score (nSPS) is 17.3. The summed E-state index contributed by atoms with van der Waals surface area (Å²) in [6.07, 6.45) is -6.33. The summed E-state index contributed by atoms with van der Waals surface area (Å²) in [4.78, 5) is 42.0. The second-order valence-corrected chi connectivity index (χ2v) is 6.10. The third kappa shape index (κ3) is 15.5. The zero-order valence-electron chi connectivity index (χ0n) is 12.6. The van der Waals surface area contributed by atoms with E-state index in [-0.39, 0.29) is 88.7 Å². The van der Waals surface area contributed by atoms with Crippen molar-refractivity contribution in [2.45, 2.75) is 18.3 Å². The summed E-state index contributed by atoms with van der Waals surface area (Å²) in [5.74, 6) is -1.48. The quantitative estimate of drug-likeness (QED) is 0.207. The number of Topliss-reactive ketones (excluding diaryl/α,β-unsaturated/α-hetero) is 1. The summed E-state index contributed by atoms with van der Waals surface area (Å²) in [6.45, 7) is -2.46. The Bertz CT molecular complexity index is 429. The van der Waals surface area contributed by atoms with Gasteiger partial charge in [-0.1, -0.05) is 0 Å². The Labute approximate surface area is 197 Å². The molecule has 12 nitrogen and oxygen atoms in total. The summed E-state index contributed by atoms with van der Waals surface area (Å²) < 4.78 is 27.5. The van der Waals surface area contributed by atoms with E-state index in [0.29, 0.717) is 0 Å². The van der Waals surface area contributed by atoms with Crippen LogP contribution in [0.1, 0.15) is 0 Å². The molecule has 1 unspecified atom stereocenters. The molecule has 0 spiro atoms. The van der Waals surface area contributed by atoms with Gasteiger partial charge in [0.1, 0.15) is 24.9 Å². The van der Waals surface area contributed by atoms with Gasteiger partial charge in [-0.15, -0.1) is 0 Å². The van der Waals surface area contributed by atoms with Crippen molar-refractivity contribution in [2.24, 2.45) is 0 Å². The molecule has 0 saturated heterocycles. The van der Waals surface area contributed by atoms with Gasteiger partial charge < -0.3 is 44.2 Å². The zero-order chi connectivity index (χ0) is 16.1. The van der Waals surface area contributed by atoms with Gasteiger partial charge in [0.2, 0.25) is 0 Å². The van der Waals surface area contributed by atoms with Gasteiger partial charge in [0, 0.05) is 0 Å². The number of phosphoric acid groups is 2. The van der Waals surface area contributed by atoms with Crippen molar-refractivity contribution in [3.05, 3.63) is 0 Å². The Kier molecular flexibility index (Phi) is 21.4. The van der Waals surface area contributed by atoms with E-state index in [9.17, 15) is 28.6 Å². The number of aliphatic hydroxyl groups is 4. The summed E-state index contributed by atoms with van der Waals surface area (Å²) >= 11 is 0. The van der Waals surface area contributed by atoms with Crippen LogP contribution in [-0.4, -0.2) is 57.7 Å². The molecule has 0 saturated carbocycles. The van der Waals surface area contributed by atoms with E-state index in [1.54, 1.807) is 0 Å². The van der Waals surface area contributed by atoms with Crippen LogP contribution in [0.15, 0.2) is 0 Å². The fraction of sp³-hybridized carbons (Fsp3) is 0.833. The fourth-order valence-electron chi connectivity index (χ4n) is 0.883. The number of rotatable bonds is 9. The molecule has 0 radical (unpaired) electrons. The predicted octanol–water partition coefficient (Wildman–Crippen LogP) is -14.0. The number of carbonyl (C=O) groups is 1. The van der Waals surface area contributed by atoms with Crippen LogP contribution in [-0.2, 0) is 22.8 Å². The molecule has 0 heterocycles. The van der Waals surface area contributed by atoms with Crippen LogP contribution in [0.2, 0.25) is 0 Å². The van der Waals surface area contributed by atoms with E-state index in [2.05, 4.69) is 8.83 Å². The van der Waals surface area contributed by atoms with Crippen LogP contribution in [0, 0.1) is 0 Å². The zero-order valence-corrected chi connectivity index (χ0v) is 20.4. The standard InChI is InChI=1S/C6H14O12P2.3Na/c7-1-3(8)5(10)6(11)4(9)2-17-20(15,16)18-19(12,13)14;;;/h3,5-8,10-11H,1-2H2,(H,15,16)(H2,12,13,14);;;/q;3*+1/p-3/t3-,5-,6-;;;/m1.../s1. The topological polar surface area (TPSA) is 220 Å². The second-order valence-electron chi connectivity index (χ2n) is 3.40. The first-order valence-electron chi connectivity index (χ1n) is 4.76. The van der Waals surface area contributed by atoms with Crippen molar-refractivity contribution < 1.29 is 147 Å². The van der Waals surface area contributed by atoms with Crippen molar-refractivity contribution in [3.8, 4) is 0 Å². The molecule has 4 atom stereocenters. The number of hydrogen-bond acceptors (Lipinski definition) is 12. The van der Waals surface area contributed by atoms with E-state index >= 15 is 0 Å². The van der Waals surface area contributed by atoms with Crippen LogP contribution in [0.3, 0.4) is 0 Å². The van der Waals surface area contributed by atoms with Crippen molar-refractivity contribution in [1.82, 2.24) is 0 Å². The largest absolute Gasteiger partial charge is 1.00 e. The molecule has 0 aromatic carbocycles. The second kappa shape index (κ2) is 14.8. The smallest absolute Gasteiger partial charge is 0.790 e. The van der Waals surface area contributed by atoms with Crippen LogP contribution in [0.4, 0.5) is 0 Å².